The molecule has 0 spiro atoms. The number of carbonyl (C=O) groups excluding carboxylic acids is 1. The summed E-state index contributed by atoms with van der Waals surface area (Å²) in [6, 6.07) is 6.62. The number of hydrogen-bond donors (Lipinski definition) is 2. The van der Waals surface area contributed by atoms with Crippen molar-refractivity contribution in [1.82, 2.24) is 20.1 Å². The van der Waals surface area contributed by atoms with E-state index in [1.165, 1.54) is 16.6 Å². The van der Waals surface area contributed by atoms with Crippen molar-refractivity contribution < 1.29 is 17.6 Å². The third-order valence-electron chi connectivity index (χ3n) is 6.32. The third-order valence-corrected chi connectivity index (χ3v) is 7.61. The molecule has 0 aliphatic carbocycles. The molecular formula is C22H35FN4O3S. The minimum Gasteiger partial charge on any atom is -0.344 e. The van der Waals surface area contributed by atoms with Crippen LogP contribution in [0.3, 0.4) is 0 Å². The summed E-state index contributed by atoms with van der Waals surface area (Å²) in [4.78, 5) is 14.5. The van der Waals surface area contributed by atoms with Gasteiger partial charge in [0.05, 0.1) is 6.26 Å². The van der Waals surface area contributed by atoms with E-state index in [0.717, 1.165) is 50.5 Å². The van der Waals surface area contributed by atoms with Crippen molar-refractivity contribution in [2.45, 2.75) is 69.5 Å². The Balaban J connectivity index is 1.35. The molecule has 1 aromatic carbocycles. The number of halogens is 1. The highest BCUT2D eigenvalue weighted by molar-refractivity contribution is 7.88. The highest BCUT2D eigenvalue weighted by Crippen LogP contribution is 2.25. The standard InChI is InChI=1S/C22H35FN4O3S/c1-26(22(28)21-12-5-7-14-27(21)31(2,29)30)13-6-3-4-11-19-16-20(25-24-19)17-9-8-10-18(23)15-17/h8-10,15,19-21,24-25H,3-7,11-14,16H2,1-2H3. The molecular weight excluding hydrogens is 419 g/mol. The van der Waals surface area contributed by atoms with E-state index < -0.39 is 16.1 Å². The Bertz CT molecular complexity index is 851. The molecule has 1 amide bonds. The Kier molecular flexibility index (Phi) is 8.43. The van der Waals surface area contributed by atoms with Crippen LogP contribution in [0.25, 0.3) is 0 Å². The maximum atomic E-state index is 13.4. The van der Waals surface area contributed by atoms with Crippen LogP contribution in [0.1, 0.15) is 63.0 Å². The maximum Gasteiger partial charge on any atom is 0.240 e. The fourth-order valence-corrected chi connectivity index (χ4v) is 5.70. The molecule has 0 radical (unpaired) electrons. The molecule has 3 atom stereocenters. The number of sulfonamides is 1. The number of carbonyl (C=O) groups is 1. The van der Waals surface area contributed by atoms with Gasteiger partial charge in [-0.25, -0.2) is 12.8 Å². The number of hydrogen-bond acceptors (Lipinski definition) is 5. The van der Waals surface area contributed by atoms with Gasteiger partial charge in [0.15, 0.2) is 0 Å². The van der Waals surface area contributed by atoms with Gasteiger partial charge in [0.2, 0.25) is 15.9 Å². The number of nitrogens with one attached hydrogen (secondary N) is 2. The van der Waals surface area contributed by atoms with Gasteiger partial charge in [0.1, 0.15) is 11.9 Å². The number of rotatable bonds is 9. The van der Waals surface area contributed by atoms with Crippen LogP contribution < -0.4 is 10.9 Å². The number of benzene rings is 1. The van der Waals surface area contributed by atoms with Crippen LogP contribution in [0.15, 0.2) is 24.3 Å². The Morgan fingerprint density at radius 3 is 2.77 bits per heavy atom. The Morgan fingerprint density at radius 2 is 2.03 bits per heavy atom. The number of hydrazine groups is 1. The molecule has 3 unspecified atom stereocenters. The third kappa shape index (κ3) is 6.71. The number of unbranched alkanes of at least 4 members (excludes halogenated alkanes) is 2. The van der Waals surface area contributed by atoms with E-state index >= 15 is 0 Å². The summed E-state index contributed by atoms with van der Waals surface area (Å²) in [5.74, 6) is -0.306. The molecule has 2 saturated heterocycles. The lowest BCUT2D eigenvalue weighted by Crippen LogP contribution is -2.52. The molecule has 0 saturated carbocycles. The fraction of sp³-hybridized carbons (Fsp3) is 0.682. The molecule has 2 N–H and O–H groups in total. The van der Waals surface area contributed by atoms with Gasteiger partial charge in [-0.05, 0) is 49.8 Å². The summed E-state index contributed by atoms with van der Waals surface area (Å²) in [6.45, 7) is 1.07. The van der Waals surface area contributed by atoms with Crippen molar-refractivity contribution in [1.29, 1.82) is 0 Å². The van der Waals surface area contributed by atoms with Crippen molar-refractivity contribution in [3.63, 3.8) is 0 Å². The Hall–Kier alpha value is -1.55. The zero-order valence-corrected chi connectivity index (χ0v) is 19.3. The predicted molar refractivity (Wildman–Crippen MR) is 119 cm³/mol. The molecule has 174 valence electrons. The van der Waals surface area contributed by atoms with Gasteiger partial charge in [-0.15, -0.1) is 0 Å². The van der Waals surface area contributed by atoms with E-state index in [2.05, 4.69) is 10.9 Å². The quantitative estimate of drug-likeness (QED) is 0.561. The van der Waals surface area contributed by atoms with Crippen LogP contribution >= 0.6 is 0 Å². The van der Waals surface area contributed by atoms with Gasteiger partial charge in [-0.2, -0.15) is 4.31 Å². The second kappa shape index (κ2) is 10.8. The monoisotopic (exact) mass is 454 g/mol. The highest BCUT2D eigenvalue weighted by Gasteiger charge is 2.35. The first-order valence-corrected chi connectivity index (χ1v) is 13.1. The summed E-state index contributed by atoms with van der Waals surface area (Å²) < 4.78 is 38.8. The lowest BCUT2D eigenvalue weighted by atomic mass is 9.99. The average Bonchev–Trinajstić information content (AvgIpc) is 3.21. The van der Waals surface area contributed by atoms with E-state index in [1.807, 2.05) is 6.07 Å². The van der Waals surface area contributed by atoms with Gasteiger partial charge in [0.25, 0.3) is 0 Å². The second-order valence-corrected chi connectivity index (χ2v) is 10.8. The van der Waals surface area contributed by atoms with E-state index in [0.29, 0.717) is 25.6 Å². The van der Waals surface area contributed by atoms with Crippen LogP contribution in [-0.4, -0.2) is 62.0 Å². The van der Waals surface area contributed by atoms with Gasteiger partial charge < -0.3 is 4.90 Å². The van der Waals surface area contributed by atoms with E-state index in [-0.39, 0.29) is 17.8 Å². The van der Waals surface area contributed by atoms with Gasteiger partial charge >= 0.3 is 0 Å². The highest BCUT2D eigenvalue weighted by atomic mass is 32.2. The molecule has 2 fully saturated rings. The predicted octanol–water partition coefficient (Wildman–Crippen LogP) is 2.57. The molecule has 0 bridgehead atoms. The number of nitrogens with zero attached hydrogens (tertiary/aromatic N) is 2. The van der Waals surface area contributed by atoms with E-state index in [1.54, 1.807) is 24.1 Å². The first-order valence-electron chi connectivity index (χ1n) is 11.2. The van der Waals surface area contributed by atoms with Crippen LogP contribution in [0.4, 0.5) is 4.39 Å². The molecule has 9 heteroatoms. The molecule has 2 aliphatic heterocycles. The molecule has 1 aromatic rings. The van der Waals surface area contributed by atoms with Gasteiger partial charge in [-0.3, -0.25) is 15.6 Å². The molecule has 2 heterocycles. The maximum absolute atomic E-state index is 13.4. The van der Waals surface area contributed by atoms with Crippen LogP contribution in [0, 0.1) is 5.82 Å². The summed E-state index contributed by atoms with van der Waals surface area (Å²) >= 11 is 0. The first kappa shape index (κ1) is 24.1. The Labute approximate surface area is 185 Å². The summed E-state index contributed by atoms with van der Waals surface area (Å²) in [6.07, 6.45) is 8.34. The van der Waals surface area contributed by atoms with Crippen molar-refractivity contribution in [2.75, 3.05) is 26.4 Å². The van der Waals surface area contributed by atoms with Crippen LogP contribution in [0.2, 0.25) is 0 Å². The van der Waals surface area contributed by atoms with Gasteiger partial charge in [-0.1, -0.05) is 31.4 Å². The van der Waals surface area contributed by atoms with Crippen molar-refractivity contribution in [3.8, 4) is 0 Å². The minimum atomic E-state index is -3.37. The molecule has 7 nitrogen and oxygen atoms in total. The lowest BCUT2D eigenvalue weighted by Gasteiger charge is -2.35. The van der Waals surface area contributed by atoms with Crippen molar-refractivity contribution in [3.05, 3.63) is 35.6 Å². The summed E-state index contributed by atoms with van der Waals surface area (Å²) in [5, 5.41) is 0. The van der Waals surface area contributed by atoms with Crippen LogP contribution in [0.5, 0.6) is 0 Å². The second-order valence-electron chi connectivity index (χ2n) is 8.82. The van der Waals surface area contributed by atoms with E-state index in [9.17, 15) is 17.6 Å². The topological polar surface area (TPSA) is 81.8 Å². The van der Waals surface area contributed by atoms with Crippen molar-refractivity contribution in [2.24, 2.45) is 0 Å². The zero-order valence-electron chi connectivity index (χ0n) is 18.5. The minimum absolute atomic E-state index is 0.0929. The zero-order chi connectivity index (χ0) is 22.4. The summed E-state index contributed by atoms with van der Waals surface area (Å²) in [5.41, 5.74) is 7.52. The van der Waals surface area contributed by atoms with Crippen molar-refractivity contribution >= 4 is 15.9 Å². The fourth-order valence-electron chi connectivity index (χ4n) is 4.58. The van der Waals surface area contributed by atoms with Crippen LogP contribution in [-0.2, 0) is 14.8 Å². The SMILES string of the molecule is CN(CCCCCC1CC(c2cccc(F)c2)NN1)C(=O)C1CCCCN1S(C)(=O)=O. The summed E-state index contributed by atoms with van der Waals surface area (Å²) in [7, 11) is -1.60. The average molecular weight is 455 g/mol. The number of amides is 1. The lowest BCUT2D eigenvalue weighted by molar-refractivity contribution is -0.134. The van der Waals surface area contributed by atoms with E-state index in [4.69, 9.17) is 0 Å². The smallest absolute Gasteiger partial charge is 0.240 e. The molecule has 2 aliphatic rings. The molecule has 31 heavy (non-hydrogen) atoms. The molecule has 3 rings (SSSR count). The number of likely N-dealkylation sites (N-methyl/N-ethyl adjacent to an activating group) is 1. The first-order chi connectivity index (χ1) is 14.8. The molecule has 0 aromatic heterocycles. The largest absolute Gasteiger partial charge is 0.344 e. The number of piperidine rings is 1. The van der Waals surface area contributed by atoms with Gasteiger partial charge in [0, 0.05) is 32.2 Å². The Morgan fingerprint density at radius 1 is 1.23 bits per heavy atom. The normalized spacial score (nSPS) is 24.9.